The van der Waals surface area contributed by atoms with Crippen molar-refractivity contribution in [2.45, 2.75) is 19.0 Å². The van der Waals surface area contributed by atoms with Crippen molar-refractivity contribution in [3.05, 3.63) is 71.5 Å². The van der Waals surface area contributed by atoms with Crippen molar-refractivity contribution < 1.29 is 14.0 Å². The molecule has 5 heteroatoms. The van der Waals surface area contributed by atoms with Crippen LogP contribution in [0.4, 0.5) is 9.18 Å². The van der Waals surface area contributed by atoms with E-state index in [2.05, 4.69) is 5.32 Å². The van der Waals surface area contributed by atoms with Crippen LogP contribution in [0.15, 0.2) is 54.6 Å². The number of rotatable bonds is 3. The second kappa shape index (κ2) is 5.26. The summed E-state index contributed by atoms with van der Waals surface area (Å²) in [5.41, 5.74) is -0.114. The van der Waals surface area contributed by atoms with Crippen molar-refractivity contribution in [1.82, 2.24) is 10.2 Å². The number of nitrogens with zero attached hydrogens (tertiary/aromatic N) is 1. The van der Waals surface area contributed by atoms with Crippen molar-refractivity contribution in [1.29, 1.82) is 0 Å². The number of imide groups is 1. The zero-order chi connectivity index (χ0) is 15.7. The Balaban J connectivity index is 1.91. The van der Waals surface area contributed by atoms with Crippen LogP contribution in [-0.2, 0) is 16.9 Å². The first kappa shape index (κ1) is 14.3. The second-order valence-corrected chi connectivity index (χ2v) is 5.40. The molecule has 0 bridgehead atoms. The Morgan fingerprint density at radius 3 is 2.36 bits per heavy atom. The number of hydrogen-bond acceptors (Lipinski definition) is 2. The molecule has 22 heavy (non-hydrogen) atoms. The number of urea groups is 1. The molecular weight excluding hydrogens is 283 g/mol. The molecule has 3 rings (SSSR count). The molecule has 0 unspecified atom stereocenters. The molecule has 112 valence electrons. The van der Waals surface area contributed by atoms with Gasteiger partial charge in [-0.25, -0.2) is 9.18 Å². The third kappa shape index (κ3) is 2.24. The smallest absolute Gasteiger partial charge is 0.319 e. The monoisotopic (exact) mass is 298 g/mol. The van der Waals surface area contributed by atoms with E-state index in [0.717, 1.165) is 4.90 Å². The number of amides is 3. The van der Waals surface area contributed by atoms with Crippen LogP contribution in [0.25, 0.3) is 0 Å². The summed E-state index contributed by atoms with van der Waals surface area (Å²) in [4.78, 5) is 25.9. The molecule has 0 saturated carbocycles. The van der Waals surface area contributed by atoms with Gasteiger partial charge in [-0.1, -0.05) is 48.5 Å². The predicted molar refractivity (Wildman–Crippen MR) is 79.3 cm³/mol. The van der Waals surface area contributed by atoms with Gasteiger partial charge < -0.3 is 5.32 Å². The molecule has 2 aromatic carbocycles. The van der Waals surface area contributed by atoms with E-state index in [0.29, 0.717) is 11.1 Å². The third-order valence-corrected chi connectivity index (χ3v) is 3.91. The fourth-order valence-corrected chi connectivity index (χ4v) is 2.60. The quantitative estimate of drug-likeness (QED) is 0.886. The number of hydrogen-bond donors (Lipinski definition) is 1. The minimum atomic E-state index is -1.12. The van der Waals surface area contributed by atoms with E-state index in [-0.39, 0.29) is 12.5 Å². The van der Waals surface area contributed by atoms with Gasteiger partial charge in [0.1, 0.15) is 11.4 Å². The number of carbonyl (C=O) groups is 2. The van der Waals surface area contributed by atoms with Crippen molar-refractivity contribution >= 4 is 11.9 Å². The molecule has 1 heterocycles. The minimum Gasteiger partial charge on any atom is -0.319 e. The van der Waals surface area contributed by atoms with Crippen molar-refractivity contribution in [2.75, 3.05) is 0 Å². The lowest BCUT2D eigenvalue weighted by molar-refractivity contribution is -0.131. The van der Waals surface area contributed by atoms with E-state index in [4.69, 9.17) is 0 Å². The number of nitrogens with one attached hydrogen (secondary N) is 1. The summed E-state index contributed by atoms with van der Waals surface area (Å²) in [5.74, 6) is -0.816. The fraction of sp³-hybridized carbons (Fsp3) is 0.176. The molecule has 1 atom stereocenters. The van der Waals surface area contributed by atoms with Crippen LogP contribution in [-0.4, -0.2) is 16.8 Å². The second-order valence-electron chi connectivity index (χ2n) is 5.40. The number of carbonyl (C=O) groups excluding carboxylic acids is 2. The third-order valence-electron chi connectivity index (χ3n) is 3.91. The van der Waals surface area contributed by atoms with Crippen molar-refractivity contribution in [2.24, 2.45) is 0 Å². The highest BCUT2D eigenvalue weighted by molar-refractivity contribution is 6.07. The largest absolute Gasteiger partial charge is 0.325 e. The molecule has 1 aliphatic heterocycles. The first-order valence-electron chi connectivity index (χ1n) is 6.95. The van der Waals surface area contributed by atoms with Crippen LogP contribution in [0.5, 0.6) is 0 Å². The van der Waals surface area contributed by atoms with E-state index >= 15 is 0 Å². The SMILES string of the molecule is C[C@]1(c2ccccc2)NC(=O)N(Cc2ccccc2F)C1=O. The van der Waals surface area contributed by atoms with Gasteiger partial charge in [-0.2, -0.15) is 0 Å². The van der Waals surface area contributed by atoms with Gasteiger partial charge in [-0.3, -0.25) is 9.69 Å². The summed E-state index contributed by atoms with van der Waals surface area (Å²) in [7, 11) is 0. The molecule has 1 N–H and O–H groups in total. The predicted octanol–water partition coefficient (Wildman–Crippen LogP) is 2.79. The summed E-state index contributed by atoms with van der Waals surface area (Å²) >= 11 is 0. The zero-order valence-corrected chi connectivity index (χ0v) is 12.0. The molecule has 1 fully saturated rings. The Kier molecular flexibility index (Phi) is 3.41. The maximum absolute atomic E-state index is 13.7. The Hall–Kier alpha value is -2.69. The Labute approximate surface area is 127 Å². The maximum Gasteiger partial charge on any atom is 0.325 e. The zero-order valence-electron chi connectivity index (χ0n) is 12.0. The van der Waals surface area contributed by atoms with Crippen LogP contribution in [0, 0.1) is 5.82 Å². The van der Waals surface area contributed by atoms with E-state index in [9.17, 15) is 14.0 Å². The number of benzene rings is 2. The van der Waals surface area contributed by atoms with Crippen LogP contribution in [0.2, 0.25) is 0 Å². The Morgan fingerprint density at radius 2 is 1.68 bits per heavy atom. The van der Waals surface area contributed by atoms with Crippen molar-refractivity contribution in [3.63, 3.8) is 0 Å². The number of halogens is 1. The van der Waals surface area contributed by atoms with Crippen LogP contribution >= 0.6 is 0 Å². The van der Waals surface area contributed by atoms with Gasteiger partial charge in [0.25, 0.3) is 5.91 Å². The first-order chi connectivity index (χ1) is 10.5. The van der Waals surface area contributed by atoms with Crippen LogP contribution in [0.1, 0.15) is 18.1 Å². The maximum atomic E-state index is 13.7. The molecule has 2 aromatic rings. The van der Waals surface area contributed by atoms with Crippen molar-refractivity contribution in [3.8, 4) is 0 Å². The topological polar surface area (TPSA) is 49.4 Å². The lowest BCUT2D eigenvalue weighted by Crippen LogP contribution is -2.40. The molecule has 0 aromatic heterocycles. The lowest BCUT2D eigenvalue weighted by atomic mass is 9.92. The van der Waals surface area contributed by atoms with E-state index in [1.54, 1.807) is 49.4 Å². The molecular formula is C17H15FN2O2. The molecule has 1 saturated heterocycles. The van der Waals surface area contributed by atoms with Gasteiger partial charge in [0.15, 0.2) is 0 Å². The molecule has 0 aliphatic carbocycles. The van der Waals surface area contributed by atoms with Crippen LogP contribution < -0.4 is 5.32 Å². The van der Waals surface area contributed by atoms with Gasteiger partial charge in [-0.15, -0.1) is 0 Å². The Bertz CT molecular complexity index is 732. The summed E-state index contributed by atoms with van der Waals surface area (Å²) < 4.78 is 13.7. The molecule has 3 amide bonds. The van der Waals surface area contributed by atoms with E-state index in [1.165, 1.54) is 6.07 Å². The summed E-state index contributed by atoms with van der Waals surface area (Å²) in [6.45, 7) is 1.57. The van der Waals surface area contributed by atoms with E-state index in [1.807, 2.05) is 6.07 Å². The standard InChI is InChI=1S/C17H15FN2O2/c1-17(13-8-3-2-4-9-13)15(21)20(16(22)19-17)11-12-7-5-6-10-14(12)18/h2-10H,11H2,1H3,(H,19,22)/t17-/m1/s1. The highest BCUT2D eigenvalue weighted by Gasteiger charge is 2.48. The first-order valence-corrected chi connectivity index (χ1v) is 6.95. The van der Waals surface area contributed by atoms with Gasteiger partial charge >= 0.3 is 6.03 Å². The van der Waals surface area contributed by atoms with Gasteiger partial charge in [0.2, 0.25) is 0 Å². The summed E-state index contributed by atoms with van der Waals surface area (Å²) in [6.07, 6.45) is 0. The summed E-state index contributed by atoms with van der Waals surface area (Å²) in [5, 5.41) is 2.70. The minimum absolute atomic E-state index is 0.0836. The molecule has 4 nitrogen and oxygen atoms in total. The fourth-order valence-electron chi connectivity index (χ4n) is 2.60. The van der Waals surface area contributed by atoms with Gasteiger partial charge in [0.05, 0.1) is 6.54 Å². The molecule has 0 radical (unpaired) electrons. The van der Waals surface area contributed by atoms with Gasteiger partial charge in [0, 0.05) is 5.56 Å². The van der Waals surface area contributed by atoms with Crippen LogP contribution in [0.3, 0.4) is 0 Å². The molecule has 0 spiro atoms. The summed E-state index contributed by atoms with van der Waals surface area (Å²) in [6, 6.07) is 14.6. The highest BCUT2D eigenvalue weighted by atomic mass is 19.1. The normalized spacial score (nSPS) is 21.1. The van der Waals surface area contributed by atoms with Gasteiger partial charge in [-0.05, 0) is 18.6 Å². The molecule has 1 aliphatic rings. The average molecular weight is 298 g/mol. The highest BCUT2D eigenvalue weighted by Crippen LogP contribution is 2.29. The Morgan fingerprint density at radius 1 is 1.05 bits per heavy atom. The van der Waals surface area contributed by atoms with E-state index < -0.39 is 17.4 Å². The lowest BCUT2D eigenvalue weighted by Gasteiger charge is -2.22. The average Bonchev–Trinajstić information content (AvgIpc) is 2.75.